The lowest BCUT2D eigenvalue weighted by molar-refractivity contribution is -0.135. The average Bonchev–Trinajstić information content (AvgIpc) is 2.06. The van der Waals surface area contributed by atoms with E-state index in [4.69, 9.17) is 0 Å². The average molecular weight is 238 g/mol. The molecule has 0 aromatic rings. The van der Waals surface area contributed by atoms with Crippen LogP contribution in [0.25, 0.3) is 0 Å². The van der Waals surface area contributed by atoms with Crippen molar-refractivity contribution in [1.82, 2.24) is 10.6 Å². The molecule has 96 valence electrons. The molecule has 1 fully saturated rings. The van der Waals surface area contributed by atoms with E-state index in [0.29, 0.717) is 18.9 Å². The maximum absolute atomic E-state index is 11.8. The topological polar surface area (TPSA) is 24.1 Å². The molecule has 0 radical (unpaired) electrons. The van der Waals surface area contributed by atoms with Gasteiger partial charge in [0.25, 0.3) is 0 Å². The molecule has 1 atom stereocenters. The van der Waals surface area contributed by atoms with Crippen LogP contribution in [0.2, 0.25) is 0 Å². The minimum absolute atomic E-state index is 0.232. The van der Waals surface area contributed by atoms with Crippen LogP contribution in [-0.4, -0.2) is 32.4 Å². The lowest BCUT2D eigenvalue weighted by Gasteiger charge is -2.32. The third kappa shape index (κ3) is 5.70. The second kappa shape index (κ2) is 6.45. The van der Waals surface area contributed by atoms with Crippen molar-refractivity contribution in [3.05, 3.63) is 0 Å². The Labute approximate surface area is 95.0 Å². The molecule has 1 aliphatic rings. The van der Waals surface area contributed by atoms with Crippen LogP contribution in [-0.2, 0) is 0 Å². The molecule has 1 saturated heterocycles. The van der Waals surface area contributed by atoms with E-state index < -0.39 is 12.6 Å². The summed E-state index contributed by atoms with van der Waals surface area (Å²) < 4.78 is 35.5. The summed E-state index contributed by atoms with van der Waals surface area (Å²) >= 11 is 0. The van der Waals surface area contributed by atoms with Gasteiger partial charge in [0.2, 0.25) is 0 Å². The number of hydrogen-bond acceptors (Lipinski definition) is 2. The molecule has 1 heterocycles. The van der Waals surface area contributed by atoms with Gasteiger partial charge in [-0.25, -0.2) is 0 Å². The van der Waals surface area contributed by atoms with E-state index in [2.05, 4.69) is 17.6 Å². The molecule has 1 rings (SSSR count). The van der Waals surface area contributed by atoms with Gasteiger partial charge in [-0.15, -0.1) is 0 Å². The number of unbranched alkanes of at least 4 members (excludes halogenated alkanes) is 1. The summed E-state index contributed by atoms with van der Waals surface area (Å²) in [7, 11) is 0. The number of halogens is 3. The van der Waals surface area contributed by atoms with Gasteiger partial charge in [0, 0.05) is 6.42 Å². The summed E-state index contributed by atoms with van der Waals surface area (Å²) in [5.41, 5.74) is 0. The molecular formula is C11H21F3N2. The largest absolute Gasteiger partial charge is 0.389 e. The maximum Gasteiger partial charge on any atom is 0.389 e. The van der Waals surface area contributed by atoms with E-state index in [0.717, 1.165) is 25.6 Å². The normalized spacial score (nSPS) is 19.5. The van der Waals surface area contributed by atoms with Crippen LogP contribution in [0.1, 0.15) is 26.2 Å². The van der Waals surface area contributed by atoms with Gasteiger partial charge in [-0.05, 0) is 50.9 Å². The highest BCUT2D eigenvalue weighted by Gasteiger charge is 2.26. The zero-order valence-corrected chi connectivity index (χ0v) is 9.74. The molecule has 0 bridgehead atoms. The molecule has 5 heteroatoms. The molecule has 0 saturated carbocycles. The van der Waals surface area contributed by atoms with Crippen molar-refractivity contribution in [2.45, 2.75) is 32.4 Å². The first-order chi connectivity index (χ1) is 7.49. The Morgan fingerprint density at radius 3 is 2.50 bits per heavy atom. The molecule has 0 aromatic carbocycles. The third-order valence-electron chi connectivity index (χ3n) is 3.15. The van der Waals surface area contributed by atoms with Gasteiger partial charge in [-0.2, -0.15) is 13.2 Å². The van der Waals surface area contributed by atoms with E-state index in [-0.39, 0.29) is 6.42 Å². The second-order valence-electron chi connectivity index (χ2n) is 4.67. The predicted octanol–water partition coefficient (Wildman–Crippen LogP) is 2.16. The summed E-state index contributed by atoms with van der Waals surface area (Å²) in [4.78, 5) is 0. The Bertz CT molecular complexity index is 190. The molecule has 0 aromatic heterocycles. The van der Waals surface area contributed by atoms with E-state index in [1.165, 1.54) is 0 Å². The van der Waals surface area contributed by atoms with Crippen molar-refractivity contribution in [1.29, 1.82) is 0 Å². The zero-order valence-electron chi connectivity index (χ0n) is 9.74. The molecule has 2 nitrogen and oxygen atoms in total. The molecule has 2 N–H and O–H groups in total. The first-order valence-electron chi connectivity index (χ1n) is 5.97. The predicted molar refractivity (Wildman–Crippen MR) is 58.3 cm³/mol. The molecule has 1 aliphatic heterocycles. The number of alkyl halides is 3. The first-order valence-corrected chi connectivity index (χ1v) is 5.97. The van der Waals surface area contributed by atoms with Crippen LogP contribution in [0.3, 0.4) is 0 Å². The van der Waals surface area contributed by atoms with Gasteiger partial charge in [0.1, 0.15) is 0 Å². The van der Waals surface area contributed by atoms with Crippen LogP contribution in [0.5, 0.6) is 0 Å². The van der Waals surface area contributed by atoms with Crippen molar-refractivity contribution in [2.75, 3.05) is 26.2 Å². The number of hydrogen-bond donors (Lipinski definition) is 2. The molecule has 1 unspecified atom stereocenters. The number of rotatable bonds is 7. The van der Waals surface area contributed by atoms with Crippen LogP contribution in [0.15, 0.2) is 0 Å². The second-order valence-corrected chi connectivity index (χ2v) is 4.67. The van der Waals surface area contributed by atoms with Crippen molar-refractivity contribution < 1.29 is 13.2 Å². The zero-order chi connectivity index (χ0) is 12.0. The van der Waals surface area contributed by atoms with E-state index in [9.17, 15) is 13.2 Å². The van der Waals surface area contributed by atoms with E-state index in [1.54, 1.807) is 0 Å². The highest BCUT2D eigenvalue weighted by atomic mass is 19.4. The molecule has 0 spiro atoms. The van der Waals surface area contributed by atoms with Crippen molar-refractivity contribution in [3.63, 3.8) is 0 Å². The van der Waals surface area contributed by atoms with Gasteiger partial charge in [-0.1, -0.05) is 6.92 Å². The minimum Gasteiger partial charge on any atom is -0.316 e. The van der Waals surface area contributed by atoms with Crippen molar-refractivity contribution in [2.24, 2.45) is 11.8 Å². The maximum atomic E-state index is 11.8. The van der Waals surface area contributed by atoms with Crippen LogP contribution in [0.4, 0.5) is 13.2 Å². The van der Waals surface area contributed by atoms with Gasteiger partial charge >= 0.3 is 6.18 Å². The molecule has 0 aliphatic carbocycles. The van der Waals surface area contributed by atoms with Gasteiger partial charge in [0.05, 0.1) is 0 Å². The Hall–Kier alpha value is -0.290. The standard InChI is InChI=1S/C11H21F3N2/c1-9(10-7-16-8-10)6-15-5-3-2-4-11(12,13)14/h9-10,15-16H,2-8H2,1H3. The molecule has 16 heavy (non-hydrogen) atoms. The fraction of sp³-hybridized carbons (Fsp3) is 1.00. The summed E-state index contributed by atoms with van der Waals surface area (Å²) in [6.07, 6.45) is -3.81. The fourth-order valence-electron chi connectivity index (χ4n) is 1.79. The Morgan fingerprint density at radius 2 is 2.00 bits per heavy atom. The summed E-state index contributed by atoms with van der Waals surface area (Å²) in [6.45, 7) is 5.96. The third-order valence-corrected chi connectivity index (χ3v) is 3.15. The lowest BCUT2D eigenvalue weighted by atomic mass is 9.89. The fourth-order valence-corrected chi connectivity index (χ4v) is 1.79. The smallest absolute Gasteiger partial charge is 0.316 e. The minimum atomic E-state index is -4.00. The Morgan fingerprint density at radius 1 is 1.31 bits per heavy atom. The van der Waals surface area contributed by atoms with Crippen LogP contribution >= 0.6 is 0 Å². The van der Waals surface area contributed by atoms with Crippen molar-refractivity contribution in [3.8, 4) is 0 Å². The van der Waals surface area contributed by atoms with Crippen molar-refractivity contribution >= 4 is 0 Å². The number of nitrogens with one attached hydrogen (secondary N) is 2. The quantitative estimate of drug-likeness (QED) is 0.664. The molecular weight excluding hydrogens is 217 g/mol. The highest BCUT2D eigenvalue weighted by Crippen LogP contribution is 2.21. The molecule has 0 amide bonds. The SMILES string of the molecule is CC(CNCCCCC(F)(F)F)C1CNC1. The monoisotopic (exact) mass is 238 g/mol. The first kappa shape index (κ1) is 13.8. The van der Waals surface area contributed by atoms with E-state index >= 15 is 0 Å². The summed E-state index contributed by atoms with van der Waals surface area (Å²) in [5.74, 6) is 1.35. The summed E-state index contributed by atoms with van der Waals surface area (Å²) in [5, 5.41) is 6.44. The lowest BCUT2D eigenvalue weighted by Crippen LogP contribution is -2.47. The van der Waals surface area contributed by atoms with Gasteiger partial charge in [0.15, 0.2) is 0 Å². The van der Waals surface area contributed by atoms with Crippen LogP contribution < -0.4 is 10.6 Å². The van der Waals surface area contributed by atoms with Gasteiger partial charge < -0.3 is 10.6 Å². The van der Waals surface area contributed by atoms with Crippen LogP contribution in [0, 0.1) is 11.8 Å². The Balaban J connectivity index is 1.87. The van der Waals surface area contributed by atoms with Gasteiger partial charge in [-0.3, -0.25) is 0 Å². The Kier molecular flexibility index (Phi) is 5.55. The summed E-state index contributed by atoms with van der Waals surface area (Å²) in [6, 6.07) is 0. The highest BCUT2D eigenvalue weighted by molar-refractivity contribution is 4.80. The van der Waals surface area contributed by atoms with E-state index in [1.807, 2.05) is 0 Å².